The van der Waals surface area contributed by atoms with Gasteiger partial charge in [-0.05, 0) is 108 Å². The van der Waals surface area contributed by atoms with Gasteiger partial charge in [-0.15, -0.1) is 0 Å². The number of hydrogen-bond acceptors (Lipinski definition) is 1. The maximum absolute atomic E-state index is 6.39. The van der Waals surface area contributed by atoms with Crippen LogP contribution in [0.2, 0.25) is 0 Å². The van der Waals surface area contributed by atoms with Gasteiger partial charge in [0, 0.05) is 49.3 Å². The first-order chi connectivity index (χ1) is 29.1. The third-order valence-electron chi connectivity index (χ3n) is 12.2. The average molecular weight is 755 g/mol. The molecule has 12 rings (SSSR count). The minimum atomic E-state index is 0.915. The molecule has 0 aliphatic heterocycles. The summed E-state index contributed by atoms with van der Waals surface area (Å²) in [5.74, 6) is 0. The van der Waals surface area contributed by atoms with Crippen LogP contribution in [0, 0.1) is 13.8 Å². The average Bonchev–Trinajstić information content (AvgIpc) is 3.94. The Kier molecular flexibility index (Phi) is 7.36. The van der Waals surface area contributed by atoms with Gasteiger partial charge < -0.3 is 13.6 Å². The third kappa shape index (κ3) is 5.28. The monoisotopic (exact) mass is 754 g/mol. The van der Waals surface area contributed by atoms with Gasteiger partial charge in [-0.1, -0.05) is 139 Å². The first-order valence-corrected chi connectivity index (χ1v) is 20.3. The standard InChI is InChI=1S/C56H38N2O/c1-35-30-36(2)32-41(31-35)37-18-24-42(25-19-37)57-51-15-6-3-10-45(51)49-33-39(22-28-53(49)57)40-23-29-54-50(34-40)46-11-4-7-16-52(46)58(54)43-26-20-38(21-27-43)44-13-9-14-48-47-12-5-8-17-55(47)59-56(44)48/h3-34H,1-2H3. The van der Waals surface area contributed by atoms with Crippen LogP contribution in [0.4, 0.5) is 0 Å². The van der Waals surface area contributed by atoms with Gasteiger partial charge in [0.1, 0.15) is 11.2 Å². The molecule has 0 N–H and O–H groups in total. The molecule has 0 bridgehead atoms. The molecule has 278 valence electrons. The van der Waals surface area contributed by atoms with E-state index in [4.69, 9.17) is 4.42 Å². The fourth-order valence-electron chi connectivity index (χ4n) is 9.57. The van der Waals surface area contributed by atoms with Crippen LogP contribution < -0.4 is 0 Å². The van der Waals surface area contributed by atoms with Crippen LogP contribution in [-0.4, -0.2) is 9.13 Å². The molecular formula is C56H38N2O. The molecular weight excluding hydrogens is 717 g/mol. The summed E-state index contributed by atoms with van der Waals surface area (Å²) in [6.07, 6.45) is 0. The number of benzene rings is 9. The van der Waals surface area contributed by atoms with Gasteiger partial charge in [-0.3, -0.25) is 0 Å². The summed E-state index contributed by atoms with van der Waals surface area (Å²) in [6, 6.07) is 70.8. The van der Waals surface area contributed by atoms with Crippen molar-refractivity contribution in [3.05, 3.63) is 205 Å². The number of rotatable bonds is 5. The molecule has 3 heterocycles. The quantitative estimate of drug-likeness (QED) is 0.172. The number of fused-ring (bicyclic) bond motifs is 9. The number of furan rings is 1. The first-order valence-electron chi connectivity index (χ1n) is 20.3. The van der Waals surface area contributed by atoms with Crippen LogP contribution in [0.1, 0.15) is 11.1 Å². The Morgan fingerprint density at radius 1 is 0.322 bits per heavy atom. The Morgan fingerprint density at radius 2 is 0.797 bits per heavy atom. The highest BCUT2D eigenvalue weighted by Crippen LogP contribution is 2.40. The Balaban J connectivity index is 0.938. The Morgan fingerprint density at radius 3 is 1.39 bits per heavy atom. The summed E-state index contributed by atoms with van der Waals surface area (Å²) in [6.45, 7) is 4.33. The third-order valence-corrected chi connectivity index (χ3v) is 12.2. The second-order valence-corrected chi connectivity index (χ2v) is 15.9. The molecule has 0 amide bonds. The van der Waals surface area contributed by atoms with Crippen molar-refractivity contribution in [3.63, 3.8) is 0 Å². The van der Waals surface area contributed by atoms with Gasteiger partial charge in [0.2, 0.25) is 0 Å². The topological polar surface area (TPSA) is 23.0 Å². The van der Waals surface area contributed by atoms with Crippen molar-refractivity contribution < 1.29 is 4.42 Å². The van der Waals surface area contributed by atoms with E-state index in [0.717, 1.165) is 44.4 Å². The molecule has 3 heteroatoms. The number of hydrogen-bond donors (Lipinski definition) is 0. The van der Waals surface area contributed by atoms with Gasteiger partial charge in [-0.2, -0.15) is 0 Å². The minimum absolute atomic E-state index is 0.915. The highest BCUT2D eigenvalue weighted by atomic mass is 16.3. The van der Waals surface area contributed by atoms with E-state index in [1.54, 1.807) is 0 Å². The normalized spacial score (nSPS) is 11.9. The summed E-state index contributed by atoms with van der Waals surface area (Å²) < 4.78 is 11.2. The second-order valence-electron chi connectivity index (χ2n) is 15.9. The van der Waals surface area contributed by atoms with Crippen molar-refractivity contribution in [1.29, 1.82) is 0 Å². The number of aryl methyl sites for hydroxylation is 2. The van der Waals surface area contributed by atoms with E-state index in [0.29, 0.717) is 0 Å². The summed E-state index contributed by atoms with van der Waals surface area (Å²) in [7, 11) is 0. The predicted molar refractivity (Wildman–Crippen MR) is 248 cm³/mol. The van der Waals surface area contributed by atoms with Crippen LogP contribution in [-0.2, 0) is 0 Å². The number of nitrogens with zero attached hydrogens (tertiary/aromatic N) is 2. The molecule has 0 saturated heterocycles. The van der Waals surface area contributed by atoms with E-state index in [1.807, 2.05) is 12.1 Å². The zero-order valence-corrected chi connectivity index (χ0v) is 32.8. The van der Waals surface area contributed by atoms with Crippen LogP contribution in [0.15, 0.2) is 199 Å². The van der Waals surface area contributed by atoms with E-state index in [9.17, 15) is 0 Å². The van der Waals surface area contributed by atoms with Crippen LogP contribution in [0.3, 0.4) is 0 Å². The molecule has 0 saturated carbocycles. The Labute approximate surface area is 341 Å². The zero-order chi connectivity index (χ0) is 39.2. The van der Waals surface area contributed by atoms with Crippen LogP contribution in [0.25, 0.3) is 110 Å². The Hall–Kier alpha value is -7.62. The number of para-hydroxylation sites is 4. The lowest BCUT2D eigenvalue weighted by Gasteiger charge is -2.11. The van der Waals surface area contributed by atoms with Gasteiger partial charge in [0.05, 0.1) is 22.1 Å². The molecule has 0 atom stereocenters. The molecule has 3 aromatic heterocycles. The smallest absolute Gasteiger partial charge is 0.143 e. The maximum atomic E-state index is 6.39. The van der Waals surface area contributed by atoms with Crippen LogP contribution in [0.5, 0.6) is 0 Å². The summed E-state index contributed by atoms with van der Waals surface area (Å²) in [4.78, 5) is 0. The summed E-state index contributed by atoms with van der Waals surface area (Å²) >= 11 is 0. The van der Waals surface area contributed by atoms with Crippen molar-refractivity contribution in [2.75, 3.05) is 0 Å². The van der Waals surface area contributed by atoms with Gasteiger partial charge in [0.15, 0.2) is 0 Å². The van der Waals surface area contributed by atoms with Gasteiger partial charge >= 0.3 is 0 Å². The molecule has 0 unspecified atom stereocenters. The summed E-state index contributed by atoms with van der Waals surface area (Å²) in [5, 5.41) is 7.26. The minimum Gasteiger partial charge on any atom is -0.455 e. The lowest BCUT2D eigenvalue weighted by molar-refractivity contribution is 0.670. The van der Waals surface area contributed by atoms with Gasteiger partial charge in [0.25, 0.3) is 0 Å². The van der Waals surface area contributed by atoms with Crippen molar-refractivity contribution in [2.45, 2.75) is 13.8 Å². The lowest BCUT2D eigenvalue weighted by atomic mass is 10.0. The SMILES string of the molecule is Cc1cc(C)cc(-c2ccc(-n3c4ccccc4c4cc(-c5ccc6c(c5)c5ccccc5n6-c5ccc(-c6cccc7c6oc6ccccc67)cc5)ccc43)cc2)c1. The van der Waals surface area contributed by atoms with E-state index in [2.05, 4.69) is 205 Å². The summed E-state index contributed by atoms with van der Waals surface area (Å²) in [5.41, 5.74) is 18.6. The zero-order valence-electron chi connectivity index (χ0n) is 32.8. The molecule has 0 aliphatic rings. The molecule has 59 heavy (non-hydrogen) atoms. The van der Waals surface area contributed by atoms with Gasteiger partial charge in [-0.25, -0.2) is 0 Å². The molecule has 3 nitrogen and oxygen atoms in total. The van der Waals surface area contributed by atoms with Crippen molar-refractivity contribution in [3.8, 4) is 44.8 Å². The van der Waals surface area contributed by atoms with E-state index in [-0.39, 0.29) is 0 Å². The molecule has 0 radical (unpaired) electrons. The molecule has 12 aromatic rings. The fourth-order valence-corrected chi connectivity index (χ4v) is 9.57. The number of aromatic nitrogens is 2. The van der Waals surface area contributed by atoms with Crippen molar-refractivity contribution in [2.24, 2.45) is 0 Å². The van der Waals surface area contributed by atoms with Crippen LogP contribution >= 0.6 is 0 Å². The lowest BCUT2D eigenvalue weighted by Crippen LogP contribution is -1.94. The maximum Gasteiger partial charge on any atom is 0.143 e. The van der Waals surface area contributed by atoms with E-state index in [1.165, 1.54) is 77.0 Å². The molecule has 0 spiro atoms. The largest absolute Gasteiger partial charge is 0.455 e. The Bertz CT molecular complexity index is 3590. The van der Waals surface area contributed by atoms with E-state index >= 15 is 0 Å². The van der Waals surface area contributed by atoms with Crippen molar-refractivity contribution >= 4 is 65.6 Å². The highest BCUT2D eigenvalue weighted by molar-refractivity contribution is 6.13. The van der Waals surface area contributed by atoms with Crippen molar-refractivity contribution in [1.82, 2.24) is 9.13 Å². The highest BCUT2D eigenvalue weighted by Gasteiger charge is 2.17. The predicted octanol–water partition coefficient (Wildman–Crippen LogP) is 15.4. The second kappa shape index (κ2) is 13.0. The van der Waals surface area contributed by atoms with E-state index < -0.39 is 0 Å². The molecule has 0 aliphatic carbocycles. The molecule has 9 aromatic carbocycles. The fraction of sp³-hybridized carbons (Fsp3) is 0.0357. The first kappa shape index (κ1) is 33.5. The molecule has 0 fully saturated rings.